The van der Waals surface area contributed by atoms with Crippen molar-refractivity contribution in [2.24, 2.45) is 0 Å². The molecule has 0 radical (unpaired) electrons. The number of rotatable bonds is 6. The molecule has 0 spiro atoms. The second-order valence-electron chi connectivity index (χ2n) is 5.27. The zero-order valence-electron chi connectivity index (χ0n) is 13.8. The van der Waals surface area contributed by atoms with Gasteiger partial charge in [0.1, 0.15) is 12.3 Å². The number of carbonyl (C=O) groups is 1. The molecule has 1 fully saturated rings. The lowest BCUT2D eigenvalue weighted by molar-refractivity contribution is 0.122. The molecule has 1 aliphatic rings. The molecule has 0 atom stereocenters. The molecule has 1 N–H and O–H groups in total. The van der Waals surface area contributed by atoms with Crippen LogP contribution in [-0.4, -0.2) is 39.0 Å². The van der Waals surface area contributed by atoms with Gasteiger partial charge in [0.05, 0.1) is 13.2 Å². The van der Waals surface area contributed by atoms with Crippen molar-refractivity contribution in [2.45, 2.75) is 0 Å². The molecule has 0 aromatic heterocycles. The van der Waals surface area contributed by atoms with E-state index in [9.17, 15) is 13.6 Å². The summed E-state index contributed by atoms with van der Waals surface area (Å²) in [7, 11) is 0. The standard InChI is InChI=1S/C18H20F2N2O3/c1-3-5-13(4-2)12-25-18(23)21-14-10-15(19)17(16(20)11-14)22-6-8-24-9-7-22/h3-5,10-11H,1-2,6-9,12H2,(H,21,23)/b13-5+. The number of halogens is 2. The van der Waals surface area contributed by atoms with E-state index in [4.69, 9.17) is 9.47 Å². The van der Waals surface area contributed by atoms with E-state index in [-0.39, 0.29) is 18.0 Å². The van der Waals surface area contributed by atoms with Crippen LogP contribution in [0.4, 0.5) is 25.0 Å². The Morgan fingerprint density at radius 2 is 1.92 bits per heavy atom. The summed E-state index contributed by atoms with van der Waals surface area (Å²) in [6, 6.07) is 2.12. The number of amides is 1. The molecule has 0 unspecified atom stereocenters. The molecule has 2 rings (SSSR count). The molecule has 25 heavy (non-hydrogen) atoms. The van der Waals surface area contributed by atoms with Crippen molar-refractivity contribution in [1.82, 2.24) is 0 Å². The van der Waals surface area contributed by atoms with Gasteiger partial charge >= 0.3 is 6.09 Å². The molecule has 0 saturated carbocycles. The number of hydrogen-bond donors (Lipinski definition) is 1. The first kappa shape index (κ1) is 18.7. The predicted octanol–water partition coefficient (Wildman–Crippen LogP) is 3.65. The van der Waals surface area contributed by atoms with Gasteiger partial charge in [-0.3, -0.25) is 5.32 Å². The average Bonchev–Trinajstić information content (AvgIpc) is 2.59. The molecule has 1 saturated heterocycles. The topological polar surface area (TPSA) is 50.8 Å². The second kappa shape index (κ2) is 8.98. The van der Waals surface area contributed by atoms with Crippen molar-refractivity contribution in [3.05, 3.63) is 60.7 Å². The van der Waals surface area contributed by atoms with Gasteiger partial charge in [0.25, 0.3) is 0 Å². The van der Waals surface area contributed by atoms with Crippen LogP contribution in [0, 0.1) is 11.6 Å². The van der Waals surface area contributed by atoms with Gasteiger partial charge < -0.3 is 14.4 Å². The number of hydrogen-bond acceptors (Lipinski definition) is 4. The highest BCUT2D eigenvalue weighted by atomic mass is 19.1. The van der Waals surface area contributed by atoms with Gasteiger partial charge in [-0.25, -0.2) is 13.6 Å². The molecular formula is C18H20F2N2O3. The fourth-order valence-electron chi connectivity index (χ4n) is 2.36. The Morgan fingerprint density at radius 3 is 2.48 bits per heavy atom. The van der Waals surface area contributed by atoms with E-state index < -0.39 is 17.7 Å². The Bertz CT molecular complexity index is 660. The number of ether oxygens (including phenoxy) is 2. The average molecular weight is 350 g/mol. The second-order valence-corrected chi connectivity index (χ2v) is 5.27. The van der Waals surface area contributed by atoms with Crippen LogP contribution in [0.5, 0.6) is 0 Å². The minimum atomic E-state index is -0.824. The van der Waals surface area contributed by atoms with Crippen molar-refractivity contribution in [2.75, 3.05) is 43.1 Å². The van der Waals surface area contributed by atoms with E-state index in [0.717, 1.165) is 12.1 Å². The van der Waals surface area contributed by atoms with Crippen molar-refractivity contribution in [1.29, 1.82) is 0 Å². The first-order chi connectivity index (χ1) is 12.0. The smallest absolute Gasteiger partial charge is 0.411 e. The maximum absolute atomic E-state index is 14.3. The minimum Gasteiger partial charge on any atom is -0.444 e. The lowest BCUT2D eigenvalue weighted by atomic mass is 10.2. The molecule has 1 heterocycles. The highest BCUT2D eigenvalue weighted by Gasteiger charge is 2.20. The first-order valence-electron chi connectivity index (χ1n) is 7.74. The number of allylic oxidation sites excluding steroid dienone is 2. The number of anilines is 2. The van der Waals surface area contributed by atoms with E-state index >= 15 is 0 Å². The maximum Gasteiger partial charge on any atom is 0.411 e. The highest BCUT2D eigenvalue weighted by molar-refractivity contribution is 5.85. The van der Waals surface area contributed by atoms with Crippen LogP contribution in [-0.2, 0) is 9.47 Å². The number of carbonyl (C=O) groups excluding carboxylic acids is 1. The van der Waals surface area contributed by atoms with Gasteiger partial charge in [-0.2, -0.15) is 0 Å². The summed E-state index contributed by atoms with van der Waals surface area (Å²) in [6.07, 6.45) is 3.87. The predicted molar refractivity (Wildman–Crippen MR) is 92.8 cm³/mol. The van der Waals surface area contributed by atoms with Crippen molar-refractivity contribution in [3.63, 3.8) is 0 Å². The molecule has 1 amide bonds. The molecule has 0 bridgehead atoms. The fraction of sp³-hybridized carbons (Fsp3) is 0.278. The van der Waals surface area contributed by atoms with Crippen molar-refractivity contribution >= 4 is 17.5 Å². The Balaban J connectivity index is 2.03. The molecular weight excluding hydrogens is 330 g/mol. The zero-order valence-corrected chi connectivity index (χ0v) is 13.8. The van der Waals surface area contributed by atoms with Crippen molar-refractivity contribution in [3.8, 4) is 0 Å². The molecule has 1 aromatic carbocycles. The third-order valence-corrected chi connectivity index (χ3v) is 3.55. The normalized spacial score (nSPS) is 14.8. The minimum absolute atomic E-state index is 0.0233. The van der Waals surface area contributed by atoms with Gasteiger partial charge in [0.15, 0.2) is 11.6 Å². The largest absolute Gasteiger partial charge is 0.444 e. The van der Waals surface area contributed by atoms with Crippen LogP contribution < -0.4 is 10.2 Å². The Hall–Kier alpha value is -2.67. The van der Waals surface area contributed by atoms with E-state index in [0.29, 0.717) is 31.9 Å². The molecule has 5 nitrogen and oxygen atoms in total. The quantitative estimate of drug-likeness (QED) is 0.796. The van der Waals surface area contributed by atoms with Crippen LogP contribution in [0.1, 0.15) is 0 Å². The van der Waals surface area contributed by atoms with Gasteiger partial charge in [-0.1, -0.05) is 31.4 Å². The van der Waals surface area contributed by atoms with Crippen LogP contribution in [0.3, 0.4) is 0 Å². The third-order valence-electron chi connectivity index (χ3n) is 3.55. The van der Waals surface area contributed by atoms with Gasteiger partial charge in [0, 0.05) is 18.8 Å². The monoisotopic (exact) mass is 350 g/mol. The Labute approximate surface area is 145 Å². The van der Waals surface area contributed by atoms with Gasteiger partial charge in [0.2, 0.25) is 0 Å². The zero-order chi connectivity index (χ0) is 18.2. The SMILES string of the molecule is C=C/C=C(\C=C)COC(=O)Nc1cc(F)c(N2CCOCC2)c(F)c1. The lowest BCUT2D eigenvalue weighted by Gasteiger charge is -2.29. The summed E-state index contributed by atoms with van der Waals surface area (Å²) in [5.41, 5.74) is 0.500. The summed E-state index contributed by atoms with van der Waals surface area (Å²) in [6.45, 7) is 8.72. The molecule has 134 valence electrons. The summed E-state index contributed by atoms with van der Waals surface area (Å²) < 4.78 is 38.7. The number of nitrogens with zero attached hydrogens (tertiary/aromatic N) is 1. The Kier molecular flexibility index (Phi) is 6.71. The van der Waals surface area contributed by atoms with Crippen LogP contribution in [0.15, 0.2) is 49.1 Å². The van der Waals surface area contributed by atoms with Crippen LogP contribution >= 0.6 is 0 Å². The third kappa shape index (κ3) is 5.15. The maximum atomic E-state index is 14.3. The molecule has 7 heteroatoms. The van der Waals surface area contributed by atoms with E-state index in [1.807, 2.05) is 0 Å². The van der Waals surface area contributed by atoms with Crippen LogP contribution in [0.2, 0.25) is 0 Å². The summed E-state index contributed by atoms with van der Waals surface area (Å²) >= 11 is 0. The van der Waals surface area contributed by atoms with E-state index in [2.05, 4.69) is 18.5 Å². The molecule has 1 aliphatic heterocycles. The molecule has 1 aromatic rings. The number of nitrogens with one attached hydrogen (secondary N) is 1. The van der Waals surface area contributed by atoms with E-state index in [1.54, 1.807) is 11.0 Å². The highest BCUT2D eigenvalue weighted by Crippen LogP contribution is 2.27. The molecule has 0 aliphatic carbocycles. The Morgan fingerprint density at radius 1 is 1.28 bits per heavy atom. The summed E-state index contributed by atoms with van der Waals surface area (Å²) in [5.74, 6) is -1.51. The fourth-order valence-corrected chi connectivity index (χ4v) is 2.36. The summed E-state index contributed by atoms with van der Waals surface area (Å²) in [4.78, 5) is 13.3. The van der Waals surface area contributed by atoms with Gasteiger partial charge in [-0.05, 0) is 17.7 Å². The van der Waals surface area contributed by atoms with Gasteiger partial charge in [-0.15, -0.1) is 0 Å². The number of benzene rings is 1. The van der Waals surface area contributed by atoms with E-state index in [1.165, 1.54) is 12.2 Å². The lowest BCUT2D eigenvalue weighted by Crippen LogP contribution is -2.37. The number of morpholine rings is 1. The van der Waals surface area contributed by atoms with Crippen LogP contribution in [0.25, 0.3) is 0 Å². The summed E-state index contributed by atoms with van der Waals surface area (Å²) in [5, 5.41) is 2.30. The first-order valence-corrected chi connectivity index (χ1v) is 7.74. The van der Waals surface area contributed by atoms with Crippen molar-refractivity contribution < 1.29 is 23.0 Å².